The molecule has 0 aromatic carbocycles. The van der Waals surface area contributed by atoms with E-state index in [1.165, 1.54) is 0 Å². The third kappa shape index (κ3) is 2.51. The molecule has 0 saturated carbocycles. The average Bonchev–Trinajstić information content (AvgIpc) is 2.40. The Morgan fingerprint density at radius 2 is 2.00 bits per heavy atom. The summed E-state index contributed by atoms with van der Waals surface area (Å²) in [6, 6.07) is 0. The molecular weight excluding hydrogens is 208 g/mol. The lowest BCUT2D eigenvalue weighted by Crippen LogP contribution is -2.23. The molecule has 0 bridgehead atoms. The van der Waals surface area contributed by atoms with Crippen LogP contribution in [0.15, 0.2) is 4.99 Å². The molecule has 82 valence electrons. The highest BCUT2D eigenvalue weighted by Crippen LogP contribution is 2.08. The molecule has 0 aliphatic carbocycles. The van der Waals surface area contributed by atoms with E-state index in [0.717, 1.165) is 39.1 Å². The Balaban J connectivity index is 3.56. The lowest BCUT2D eigenvalue weighted by molar-refractivity contribution is 1.05. The SMILES string of the molecule is C=c1[nH]c(CC)c(Cl)/c1=C(\C)N=C(C)C. The minimum atomic E-state index is 0.755. The number of nitrogens with one attached hydrogen (secondary N) is 1. The van der Waals surface area contributed by atoms with Gasteiger partial charge in [-0.05, 0) is 27.2 Å². The summed E-state index contributed by atoms with van der Waals surface area (Å²) in [5.74, 6) is 0. The second-order valence-corrected chi connectivity index (χ2v) is 4.15. The van der Waals surface area contributed by atoms with Crippen LogP contribution in [0.2, 0.25) is 5.02 Å². The van der Waals surface area contributed by atoms with Gasteiger partial charge in [0, 0.05) is 27.7 Å². The summed E-state index contributed by atoms with van der Waals surface area (Å²) in [7, 11) is 0. The van der Waals surface area contributed by atoms with Gasteiger partial charge in [0.05, 0.1) is 5.02 Å². The zero-order valence-corrected chi connectivity index (χ0v) is 10.5. The van der Waals surface area contributed by atoms with Gasteiger partial charge in [-0.3, -0.25) is 4.99 Å². The molecule has 0 aliphatic heterocycles. The monoisotopic (exact) mass is 224 g/mol. The number of hydrogen-bond acceptors (Lipinski definition) is 1. The molecule has 0 atom stereocenters. The van der Waals surface area contributed by atoms with Crippen molar-refractivity contribution in [1.82, 2.24) is 4.98 Å². The topological polar surface area (TPSA) is 28.1 Å². The zero-order valence-electron chi connectivity index (χ0n) is 9.74. The van der Waals surface area contributed by atoms with Crippen molar-refractivity contribution >= 4 is 29.6 Å². The number of aliphatic imine (C=N–C) groups is 1. The Hall–Kier alpha value is -1.02. The van der Waals surface area contributed by atoms with Gasteiger partial charge in [0.15, 0.2) is 0 Å². The second kappa shape index (κ2) is 4.67. The maximum absolute atomic E-state index is 6.25. The second-order valence-electron chi connectivity index (χ2n) is 3.77. The van der Waals surface area contributed by atoms with Crippen molar-refractivity contribution in [3.8, 4) is 0 Å². The summed E-state index contributed by atoms with van der Waals surface area (Å²) in [6.07, 6.45) is 0.878. The third-order valence-electron chi connectivity index (χ3n) is 2.19. The minimum absolute atomic E-state index is 0.755. The van der Waals surface area contributed by atoms with Crippen molar-refractivity contribution in [1.29, 1.82) is 0 Å². The molecular formula is C12H17ClN2. The zero-order chi connectivity index (χ0) is 11.6. The number of aromatic amines is 1. The number of aromatic nitrogens is 1. The Kier molecular flexibility index (Phi) is 3.75. The maximum atomic E-state index is 6.25. The summed E-state index contributed by atoms with van der Waals surface area (Å²) < 4.78 is 0. The van der Waals surface area contributed by atoms with Gasteiger partial charge in [0.1, 0.15) is 0 Å². The number of rotatable bonds is 2. The van der Waals surface area contributed by atoms with Gasteiger partial charge in [-0.15, -0.1) is 0 Å². The Bertz CT molecular complexity index is 490. The fraction of sp³-hybridized carbons (Fsp3) is 0.417. The van der Waals surface area contributed by atoms with Gasteiger partial charge in [0.2, 0.25) is 0 Å². The Morgan fingerprint density at radius 1 is 1.40 bits per heavy atom. The molecule has 2 nitrogen and oxygen atoms in total. The normalized spacial score (nSPS) is 12.6. The van der Waals surface area contributed by atoms with Crippen LogP contribution in [-0.2, 0) is 6.42 Å². The molecule has 1 heterocycles. The van der Waals surface area contributed by atoms with E-state index in [9.17, 15) is 0 Å². The number of nitrogens with zero attached hydrogens (tertiary/aromatic N) is 1. The Morgan fingerprint density at radius 3 is 2.40 bits per heavy atom. The van der Waals surface area contributed by atoms with E-state index in [1.807, 2.05) is 20.8 Å². The van der Waals surface area contributed by atoms with Crippen molar-refractivity contribution in [2.24, 2.45) is 4.99 Å². The van der Waals surface area contributed by atoms with Gasteiger partial charge in [-0.25, -0.2) is 0 Å². The highest BCUT2D eigenvalue weighted by atomic mass is 35.5. The number of H-pyrrole nitrogens is 1. The molecule has 1 aromatic heterocycles. The molecule has 1 aromatic rings. The predicted molar refractivity (Wildman–Crippen MR) is 67.8 cm³/mol. The predicted octanol–water partition coefficient (Wildman–Crippen LogP) is 2.25. The summed E-state index contributed by atoms with van der Waals surface area (Å²) in [5, 5.41) is 2.54. The van der Waals surface area contributed by atoms with Crippen molar-refractivity contribution in [2.75, 3.05) is 0 Å². The van der Waals surface area contributed by atoms with Crippen LogP contribution in [-0.4, -0.2) is 10.7 Å². The standard InChI is InChI=1S/C12H17ClN2/c1-6-10-12(13)11(9(5)15-10)8(4)14-7(2)3/h15H,5-6H2,1-4H3/b11-8+. The molecule has 0 unspecified atom stereocenters. The van der Waals surface area contributed by atoms with E-state index in [2.05, 4.69) is 23.5 Å². The van der Waals surface area contributed by atoms with Crippen molar-refractivity contribution in [2.45, 2.75) is 34.1 Å². The first kappa shape index (κ1) is 12.1. The van der Waals surface area contributed by atoms with Crippen LogP contribution in [0, 0.1) is 0 Å². The fourth-order valence-electron chi connectivity index (χ4n) is 1.59. The lowest BCUT2D eigenvalue weighted by Gasteiger charge is -1.94. The van der Waals surface area contributed by atoms with Crippen LogP contribution >= 0.6 is 11.6 Å². The molecule has 0 saturated heterocycles. The van der Waals surface area contributed by atoms with E-state index in [-0.39, 0.29) is 0 Å². The highest BCUT2D eigenvalue weighted by molar-refractivity contribution is 6.31. The highest BCUT2D eigenvalue weighted by Gasteiger charge is 2.05. The first-order chi connectivity index (χ1) is 6.97. The molecule has 0 radical (unpaired) electrons. The van der Waals surface area contributed by atoms with Crippen LogP contribution in [0.4, 0.5) is 0 Å². The van der Waals surface area contributed by atoms with E-state index in [0.29, 0.717) is 0 Å². The number of hydrogen-bond donors (Lipinski definition) is 1. The fourth-order valence-corrected chi connectivity index (χ4v) is 2.03. The number of halogens is 1. The van der Waals surface area contributed by atoms with E-state index < -0.39 is 0 Å². The molecule has 0 fully saturated rings. The van der Waals surface area contributed by atoms with Crippen LogP contribution < -0.4 is 10.6 Å². The molecule has 0 aliphatic rings. The largest absolute Gasteiger partial charge is 0.358 e. The summed E-state index contributed by atoms with van der Waals surface area (Å²) in [5.41, 5.74) is 2.96. The van der Waals surface area contributed by atoms with Gasteiger partial charge < -0.3 is 4.98 Å². The van der Waals surface area contributed by atoms with Crippen LogP contribution in [0.25, 0.3) is 12.3 Å². The van der Waals surface area contributed by atoms with Gasteiger partial charge >= 0.3 is 0 Å². The van der Waals surface area contributed by atoms with Gasteiger partial charge in [-0.1, -0.05) is 25.1 Å². The van der Waals surface area contributed by atoms with Crippen molar-refractivity contribution in [3.05, 3.63) is 21.3 Å². The van der Waals surface area contributed by atoms with E-state index in [1.54, 1.807) is 0 Å². The summed E-state index contributed by atoms with van der Waals surface area (Å²) in [4.78, 5) is 7.59. The Labute approximate surface area is 95.4 Å². The average molecular weight is 225 g/mol. The van der Waals surface area contributed by atoms with Gasteiger partial charge in [0.25, 0.3) is 0 Å². The van der Waals surface area contributed by atoms with Crippen LogP contribution in [0.5, 0.6) is 0 Å². The van der Waals surface area contributed by atoms with Gasteiger partial charge in [-0.2, -0.15) is 0 Å². The molecule has 0 spiro atoms. The summed E-state index contributed by atoms with van der Waals surface area (Å²) in [6.45, 7) is 11.9. The molecule has 0 amide bonds. The van der Waals surface area contributed by atoms with Crippen LogP contribution in [0.1, 0.15) is 33.4 Å². The minimum Gasteiger partial charge on any atom is -0.358 e. The molecule has 1 rings (SSSR count). The smallest absolute Gasteiger partial charge is 0.0709 e. The molecule has 15 heavy (non-hydrogen) atoms. The first-order valence-electron chi connectivity index (χ1n) is 5.05. The first-order valence-corrected chi connectivity index (χ1v) is 5.43. The van der Waals surface area contributed by atoms with E-state index >= 15 is 0 Å². The molecule has 3 heteroatoms. The van der Waals surface area contributed by atoms with Crippen molar-refractivity contribution < 1.29 is 0 Å². The third-order valence-corrected chi connectivity index (χ3v) is 2.61. The van der Waals surface area contributed by atoms with Crippen LogP contribution in [0.3, 0.4) is 0 Å². The lowest BCUT2D eigenvalue weighted by atomic mass is 10.3. The number of aryl methyl sites for hydroxylation is 1. The maximum Gasteiger partial charge on any atom is 0.0709 e. The van der Waals surface area contributed by atoms with Crippen molar-refractivity contribution in [3.63, 3.8) is 0 Å². The molecule has 1 N–H and O–H groups in total. The summed E-state index contributed by atoms with van der Waals surface area (Å²) >= 11 is 6.25. The van der Waals surface area contributed by atoms with E-state index in [4.69, 9.17) is 11.6 Å². The quantitative estimate of drug-likeness (QED) is 0.747.